The van der Waals surface area contributed by atoms with Crippen LogP contribution in [-0.4, -0.2) is 292 Å². The summed E-state index contributed by atoms with van der Waals surface area (Å²) in [6.07, 6.45) is 41.9. The fraction of sp³-hybridized carbons (Fsp3) is 0.812. The number of anilines is 1. The molecule has 2 aliphatic carbocycles. The van der Waals surface area contributed by atoms with Crippen LogP contribution in [0.5, 0.6) is 0 Å². The highest BCUT2D eigenvalue weighted by atomic mass is 15.4. The lowest BCUT2D eigenvalue weighted by Gasteiger charge is -2.57. The Morgan fingerprint density at radius 2 is 0.949 bits per heavy atom. The van der Waals surface area contributed by atoms with Gasteiger partial charge in [-0.25, -0.2) is 0 Å². The van der Waals surface area contributed by atoms with Crippen LogP contribution in [0.2, 0.25) is 0 Å². The number of aromatic nitrogens is 2. The van der Waals surface area contributed by atoms with Crippen molar-refractivity contribution in [2.75, 3.05) is 173 Å². The second kappa shape index (κ2) is 43.9. The lowest BCUT2D eigenvalue weighted by Crippen LogP contribution is -2.63. The number of aliphatic imine (C=N–C) groups is 3. The van der Waals surface area contributed by atoms with Gasteiger partial charge in [-0.05, 0) is 236 Å². The van der Waals surface area contributed by atoms with Crippen molar-refractivity contribution in [1.82, 2.24) is 69.2 Å². The number of nitrogens with one attached hydrogen (secondary N) is 1. The van der Waals surface area contributed by atoms with E-state index in [-0.39, 0.29) is 0 Å². The maximum absolute atomic E-state index is 4.55. The Kier molecular flexibility index (Phi) is 36.1. The summed E-state index contributed by atoms with van der Waals surface area (Å²) >= 11 is 0. The average Bonchev–Trinajstić information content (AvgIpc) is 0.985. The summed E-state index contributed by atoms with van der Waals surface area (Å²) in [5.41, 5.74) is 4.05. The molecule has 18 heteroatoms. The summed E-state index contributed by atoms with van der Waals surface area (Å²) in [5, 5.41) is 3.30. The molecule has 7 saturated heterocycles. The Bertz CT molecular complexity index is 2470. The maximum Gasteiger partial charge on any atom is 0.196 e. The van der Waals surface area contributed by atoms with E-state index < -0.39 is 0 Å². The van der Waals surface area contributed by atoms with Crippen molar-refractivity contribution in [1.29, 1.82) is 0 Å². The van der Waals surface area contributed by atoms with Crippen LogP contribution in [0.3, 0.4) is 0 Å². The Hall–Kier alpha value is -4.75. The second-order valence-corrected chi connectivity index (χ2v) is 31.6. The van der Waals surface area contributed by atoms with E-state index in [1.165, 1.54) is 255 Å². The number of likely N-dealkylation sites (N-methyl/N-ethyl adjacent to an activating group) is 2. The van der Waals surface area contributed by atoms with Gasteiger partial charge in [0, 0.05) is 197 Å². The van der Waals surface area contributed by atoms with Gasteiger partial charge < -0.3 is 54.3 Å². The first-order valence-electron chi connectivity index (χ1n) is 39.8. The Morgan fingerprint density at radius 3 is 1.44 bits per heavy atom. The molecule has 0 spiro atoms. The molecule has 2 aromatic heterocycles. The molecular weight excluding hydrogens is 1210 g/mol. The van der Waals surface area contributed by atoms with E-state index in [4.69, 9.17) is 0 Å². The quantitative estimate of drug-likeness (QED) is 0.296. The number of allylic oxidation sites excluding steroid dienone is 2. The molecule has 2 bridgehead atoms. The molecule has 0 amide bonds. The van der Waals surface area contributed by atoms with Crippen LogP contribution in [0.15, 0.2) is 81.5 Å². The topological polar surface area (TPSA) is 114 Å². The summed E-state index contributed by atoms with van der Waals surface area (Å²) < 4.78 is 0. The molecule has 15 rings (SSSR count). The number of nitrogens with zero attached hydrogens (tertiary/aromatic N) is 17. The second-order valence-electron chi connectivity index (χ2n) is 31.6. The van der Waals surface area contributed by atoms with Gasteiger partial charge in [0.2, 0.25) is 0 Å². The molecule has 1 N–H and O–H groups in total. The molecule has 0 aromatic carbocycles. The minimum Gasteiger partial charge on any atom is -0.378 e. The monoisotopic (exact) mass is 1360 g/mol. The third-order valence-electron chi connectivity index (χ3n) is 23.0. The molecule has 98 heavy (non-hydrogen) atoms. The van der Waals surface area contributed by atoms with Gasteiger partial charge in [-0.15, -0.1) is 0 Å². The van der Waals surface area contributed by atoms with E-state index in [1.807, 2.05) is 49.3 Å². The molecule has 18 nitrogen and oxygen atoms in total. The number of hydrogen-bond acceptors (Lipinski definition) is 18. The summed E-state index contributed by atoms with van der Waals surface area (Å²) in [6.45, 7) is 32.9. The number of piperidine rings is 4. The average molecular weight is 1360 g/mol. The third-order valence-corrected chi connectivity index (χ3v) is 23.0. The van der Waals surface area contributed by atoms with E-state index in [2.05, 4.69) is 175 Å². The van der Waals surface area contributed by atoms with Crippen LogP contribution in [0.1, 0.15) is 202 Å². The Labute approximate surface area is 600 Å². The molecule has 556 valence electrons. The molecule has 11 aliphatic heterocycles. The van der Waals surface area contributed by atoms with Crippen LogP contribution in [0, 0.1) is 11.8 Å². The fourth-order valence-corrected chi connectivity index (χ4v) is 17.3. The van der Waals surface area contributed by atoms with Gasteiger partial charge in [-0.2, -0.15) is 0 Å². The van der Waals surface area contributed by atoms with Crippen LogP contribution < -0.4 is 10.2 Å². The summed E-state index contributed by atoms with van der Waals surface area (Å²) in [7, 11) is 19.3. The van der Waals surface area contributed by atoms with Gasteiger partial charge in [0.1, 0.15) is 0 Å². The van der Waals surface area contributed by atoms with Gasteiger partial charge in [-0.3, -0.25) is 34.7 Å². The van der Waals surface area contributed by atoms with E-state index in [9.17, 15) is 0 Å². The van der Waals surface area contributed by atoms with Crippen molar-refractivity contribution >= 4 is 23.4 Å². The maximum atomic E-state index is 4.55. The van der Waals surface area contributed by atoms with Crippen molar-refractivity contribution in [3.8, 4) is 0 Å². The summed E-state index contributed by atoms with van der Waals surface area (Å²) in [6, 6.07) is 15.2. The number of guanidine groups is 2. The lowest BCUT2D eigenvalue weighted by molar-refractivity contribution is -0.0718. The standard InChI is InChI=1S/C15H26N2.C11H22N2.C10H22N2.C9H16N2.C8H15N3.C8H17N.C7H13N3.C7H10N2.C5H5N/c1-3-7-16-11-13-9-12(14(16)5-1)10-17-8-4-2-6-15(13)17;1-8(2)12-7-13(9(3)4)11(6)10(12)5;1-11(2)9-7-5-6-8-10(9)12(3)4;1-2-5-9-10-6-4-8-11(9)7-3-1;1-10-5-3-7-11-6-2-4-9-8(10)11;1-9(2)8-6-4-3-5-7-8;1-3-8-7-9-4-2-6-10(7)5-1;1-9(2)7-3-5-8-6-4-7;1-2-4-6-5-3-1/h12-15H,1-11H2;8-9H,7H2,1-6H3;9-10H,5-8H2,1-4H3;1-8H2;2-7H2,1H3;8H,3-7H2,1-2H3;1-6H2,(H,8,9);3-6H,1-2H3;1-5H/t12-,13-,14-,15+;;9-,10-;;;;;;/m1.0....../s1. The fourth-order valence-electron chi connectivity index (χ4n) is 17.3. The first-order valence-corrected chi connectivity index (χ1v) is 39.8. The van der Waals surface area contributed by atoms with Crippen LogP contribution in [0.25, 0.3) is 0 Å². The first kappa shape index (κ1) is 80.6. The highest BCUT2D eigenvalue weighted by Gasteiger charge is 2.46. The molecule has 0 unspecified atom stereocenters. The van der Waals surface area contributed by atoms with E-state index in [0.29, 0.717) is 12.1 Å². The van der Waals surface area contributed by atoms with Gasteiger partial charge >= 0.3 is 0 Å². The SMILES string of the molecule is C1CCC2=NCCCN2CC1.C1CCN2C[C@H]3C[C@H](CN4CCCC[C@@H]34)[C@H]2C1.C1CN=C2NCCCN2C1.CC1=C(C)N(C(C)C)CN1C(C)C.CN(C)C1CCCCC1.CN(C)[C@H]1CCCC[C@@H]1N(C)C.CN(C)c1ccncc1.CN1CCCN2CCCN=C12.c1ccncc1. The summed E-state index contributed by atoms with van der Waals surface area (Å²) in [4.78, 5) is 50.4. The van der Waals surface area contributed by atoms with Gasteiger partial charge in [0.25, 0.3) is 0 Å². The van der Waals surface area contributed by atoms with Crippen molar-refractivity contribution in [2.45, 2.75) is 244 Å². The van der Waals surface area contributed by atoms with Crippen molar-refractivity contribution in [3.63, 3.8) is 0 Å². The largest absolute Gasteiger partial charge is 0.378 e. The Morgan fingerprint density at radius 1 is 0.459 bits per heavy atom. The molecule has 13 heterocycles. The van der Waals surface area contributed by atoms with Gasteiger partial charge in [0.15, 0.2) is 11.9 Å². The molecule has 6 atom stereocenters. The summed E-state index contributed by atoms with van der Waals surface area (Å²) in [5.74, 6) is 5.79. The number of pyridine rings is 2. The number of amidine groups is 1. The number of rotatable bonds is 6. The van der Waals surface area contributed by atoms with Gasteiger partial charge in [0.05, 0.1) is 12.5 Å². The minimum absolute atomic E-state index is 0.610. The van der Waals surface area contributed by atoms with Crippen LogP contribution in [-0.2, 0) is 0 Å². The molecule has 2 aromatic rings. The molecule has 0 radical (unpaired) electrons. The molecule has 13 aliphatic rings. The highest BCUT2D eigenvalue weighted by Crippen LogP contribution is 2.43. The smallest absolute Gasteiger partial charge is 0.196 e. The highest BCUT2D eigenvalue weighted by molar-refractivity contribution is 5.83. The predicted molar refractivity (Wildman–Crippen MR) is 418 cm³/mol. The molecular formula is C80H146N18. The number of hydrogen-bond donors (Lipinski definition) is 1. The van der Waals surface area contributed by atoms with E-state index in [1.54, 1.807) is 31.2 Å². The lowest BCUT2D eigenvalue weighted by atomic mass is 9.71. The van der Waals surface area contributed by atoms with Crippen LogP contribution in [0.4, 0.5) is 5.69 Å². The zero-order valence-corrected chi connectivity index (χ0v) is 65.5. The van der Waals surface area contributed by atoms with E-state index in [0.717, 1.165) is 80.9 Å². The molecule has 9 fully saturated rings. The predicted octanol–water partition coefficient (Wildman–Crippen LogP) is 12.6. The van der Waals surface area contributed by atoms with E-state index >= 15 is 0 Å². The van der Waals surface area contributed by atoms with Crippen molar-refractivity contribution < 1.29 is 0 Å². The minimum atomic E-state index is 0.610. The normalized spacial score (nSPS) is 26.1. The van der Waals surface area contributed by atoms with Crippen molar-refractivity contribution in [3.05, 3.63) is 66.5 Å². The van der Waals surface area contributed by atoms with Crippen molar-refractivity contribution in [2.24, 2.45) is 26.8 Å². The number of fused-ring (bicyclic) bond motifs is 9. The van der Waals surface area contributed by atoms with Crippen LogP contribution >= 0.6 is 0 Å². The Balaban J connectivity index is 0.000000157. The zero-order valence-electron chi connectivity index (χ0n) is 65.5. The first-order chi connectivity index (χ1) is 47.4. The molecule has 2 saturated carbocycles. The zero-order chi connectivity index (χ0) is 70.2. The third kappa shape index (κ3) is 26.3. The van der Waals surface area contributed by atoms with Gasteiger partial charge in [-0.1, -0.05) is 57.4 Å².